The highest BCUT2D eigenvalue weighted by Crippen LogP contribution is 2.36. The van der Waals surface area contributed by atoms with Gasteiger partial charge in [0.25, 0.3) is 0 Å². The van der Waals surface area contributed by atoms with E-state index >= 15 is 0 Å². The second kappa shape index (κ2) is 8.17. The van der Waals surface area contributed by atoms with E-state index < -0.39 is 11.4 Å². The number of aryl methyl sites for hydroxylation is 1. The van der Waals surface area contributed by atoms with Gasteiger partial charge in [0, 0.05) is 37.1 Å². The molecule has 2 unspecified atom stereocenters. The lowest BCUT2D eigenvalue weighted by molar-refractivity contribution is -0.156. The van der Waals surface area contributed by atoms with Crippen LogP contribution in [0.25, 0.3) is 11.3 Å². The maximum Gasteiger partial charge on any atom is 0.311 e. The molecule has 1 aromatic heterocycles. The molecule has 1 saturated heterocycles. The number of hydrogen-bond donors (Lipinski definition) is 1. The molecule has 0 radical (unpaired) electrons. The number of aliphatic carboxylic acids is 1. The Hall–Kier alpha value is -2.63. The van der Waals surface area contributed by atoms with Crippen LogP contribution in [0, 0.1) is 18.3 Å². The van der Waals surface area contributed by atoms with Gasteiger partial charge in [-0.25, -0.2) is 0 Å². The van der Waals surface area contributed by atoms with Gasteiger partial charge < -0.3 is 14.5 Å². The number of piperidine rings is 1. The Morgan fingerprint density at radius 1 is 1.36 bits per heavy atom. The molecular weight excluding hydrogens is 356 g/mol. The third-order valence-electron chi connectivity index (χ3n) is 5.87. The summed E-state index contributed by atoms with van der Waals surface area (Å²) in [5.41, 5.74) is 1.72. The van der Waals surface area contributed by atoms with Crippen molar-refractivity contribution in [1.82, 2.24) is 10.1 Å². The lowest BCUT2D eigenvalue weighted by atomic mass is 9.76. The average Bonchev–Trinajstić information content (AvgIpc) is 3.15. The highest BCUT2D eigenvalue weighted by molar-refractivity contribution is 5.81. The Labute approximate surface area is 165 Å². The van der Waals surface area contributed by atoms with Crippen LogP contribution in [0.3, 0.4) is 0 Å². The molecule has 2 heterocycles. The summed E-state index contributed by atoms with van der Waals surface area (Å²) < 4.78 is 5.50. The Balaban J connectivity index is 1.83. The second-order valence-electron chi connectivity index (χ2n) is 7.93. The predicted molar refractivity (Wildman–Crippen MR) is 106 cm³/mol. The van der Waals surface area contributed by atoms with Crippen molar-refractivity contribution < 1.29 is 19.2 Å². The molecule has 0 aliphatic carbocycles. The Morgan fingerprint density at radius 3 is 2.79 bits per heavy atom. The molecule has 0 saturated carbocycles. The number of rotatable bonds is 6. The van der Waals surface area contributed by atoms with E-state index in [0.29, 0.717) is 30.8 Å². The summed E-state index contributed by atoms with van der Waals surface area (Å²) in [6.07, 6.45) is 2.17. The van der Waals surface area contributed by atoms with Crippen LogP contribution < -0.4 is 0 Å². The van der Waals surface area contributed by atoms with Gasteiger partial charge in [-0.15, -0.1) is 0 Å². The fraction of sp³-hybridized carbons (Fsp3) is 0.500. The smallest absolute Gasteiger partial charge is 0.311 e. The van der Waals surface area contributed by atoms with Gasteiger partial charge in [0.2, 0.25) is 5.91 Å². The van der Waals surface area contributed by atoms with Gasteiger partial charge in [-0.1, -0.05) is 43.3 Å². The number of amides is 1. The van der Waals surface area contributed by atoms with E-state index in [9.17, 15) is 14.7 Å². The van der Waals surface area contributed by atoms with Crippen molar-refractivity contribution >= 4 is 11.9 Å². The van der Waals surface area contributed by atoms with Crippen LogP contribution in [-0.4, -0.2) is 40.1 Å². The maximum absolute atomic E-state index is 12.6. The molecule has 6 nitrogen and oxygen atoms in total. The van der Waals surface area contributed by atoms with Crippen LogP contribution in [0.15, 0.2) is 34.9 Å². The van der Waals surface area contributed by atoms with Crippen LogP contribution in [0.2, 0.25) is 0 Å². The van der Waals surface area contributed by atoms with Crippen molar-refractivity contribution in [2.24, 2.45) is 11.3 Å². The number of carbonyl (C=O) groups excluding carboxylic acids is 1. The largest absolute Gasteiger partial charge is 0.481 e. The number of nitrogens with zero attached hydrogens (tertiary/aromatic N) is 2. The molecule has 0 bridgehead atoms. The first-order chi connectivity index (χ1) is 13.4. The van der Waals surface area contributed by atoms with Crippen molar-refractivity contribution in [2.75, 3.05) is 13.1 Å². The van der Waals surface area contributed by atoms with Gasteiger partial charge in [0.1, 0.15) is 11.5 Å². The number of aromatic nitrogens is 1. The molecule has 28 heavy (non-hydrogen) atoms. The number of likely N-dealkylation sites (tertiary alicyclic amines) is 1. The molecule has 2 aromatic rings. The zero-order chi connectivity index (χ0) is 20.3. The molecule has 6 heteroatoms. The number of carbonyl (C=O) groups is 2. The summed E-state index contributed by atoms with van der Waals surface area (Å²) >= 11 is 0. The number of carboxylic acid groups (broad SMARTS) is 1. The SMILES string of the molecule is CCC(C)C(=O)N1CCCC(Cc2cc(-c3ccccc3C)no2)(C(=O)O)C1. The van der Waals surface area contributed by atoms with E-state index in [0.717, 1.165) is 17.5 Å². The minimum Gasteiger partial charge on any atom is -0.481 e. The van der Waals surface area contributed by atoms with Crippen LogP contribution in [-0.2, 0) is 16.0 Å². The first kappa shape index (κ1) is 20.1. The van der Waals surface area contributed by atoms with Crippen LogP contribution >= 0.6 is 0 Å². The fourth-order valence-corrected chi connectivity index (χ4v) is 3.92. The Kier molecular flexibility index (Phi) is 5.87. The highest BCUT2D eigenvalue weighted by atomic mass is 16.5. The molecule has 1 aromatic carbocycles. The monoisotopic (exact) mass is 384 g/mol. The number of hydrogen-bond acceptors (Lipinski definition) is 4. The number of benzene rings is 1. The lowest BCUT2D eigenvalue weighted by Gasteiger charge is -2.40. The molecule has 1 N–H and O–H groups in total. The van der Waals surface area contributed by atoms with Gasteiger partial charge in [-0.05, 0) is 31.7 Å². The van der Waals surface area contributed by atoms with Gasteiger partial charge in [0.15, 0.2) is 0 Å². The molecule has 1 fully saturated rings. The molecule has 1 amide bonds. The highest BCUT2D eigenvalue weighted by Gasteiger charge is 2.45. The van der Waals surface area contributed by atoms with E-state index in [1.807, 2.05) is 51.1 Å². The van der Waals surface area contributed by atoms with E-state index in [1.165, 1.54) is 0 Å². The molecule has 1 aliphatic heterocycles. The second-order valence-corrected chi connectivity index (χ2v) is 7.93. The standard InChI is InChI=1S/C22H28N2O4/c1-4-15(2)20(25)24-11-7-10-22(14-24,21(26)27)13-17-12-19(23-28-17)18-9-6-5-8-16(18)3/h5-6,8-9,12,15H,4,7,10-11,13-14H2,1-3H3,(H,26,27). The summed E-state index contributed by atoms with van der Waals surface area (Å²) in [7, 11) is 0. The van der Waals surface area contributed by atoms with Crippen molar-refractivity contribution in [1.29, 1.82) is 0 Å². The normalized spacial score (nSPS) is 20.8. The third-order valence-corrected chi connectivity index (χ3v) is 5.87. The summed E-state index contributed by atoms with van der Waals surface area (Å²) in [5, 5.41) is 14.2. The topological polar surface area (TPSA) is 83.6 Å². The van der Waals surface area contributed by atoms with Crippen LogP contribution in [0.4, 0.5) is 0 Å². The van der Waals surface area contributed by atoms with Gasteiger partial charge >= 0.3 is 5.97 Å². The first-order valence-corrected chi connectivity index (χ1v) is 9.90. The summed E-state index contributed by atoms with van der Waals surface area (Å²) in [6.45, 7) is 6.69. The minimum absolute atomic E-state index is 0.0333. The Bertz CT molecular complexity index is 860. The van der Waals surface area contributed by atoms with E-state index in [4.69, 9.17) is 4.52 Å². The van der Waals surface area contributed by atoms with Crippen molar-refractivity contribution in [3.63, 3.8) is 0 Å². The van der Waals surface area contributed by atoms with Crippen LogP contribution in [0.1, 0.15) is 44.4 Å². The van der Waals surface area contributed by atoms with Crippen molar-refractivity contribution in [3.05, 3.63) is 41.7 Å². The zero-order valence-electron chi connectivity index (χ0n) is 16.8. The van der Waals surface area contributed by atoms with E-state index in [2.05, 4.69) is 5.16 Å². The fourth-order valence-electron chi connectivity index (χ4n) is 3.92. The minimum atomic E-state index is -1.04. The quantitative estimate of drug-likeness (QED) is 0.816. The van der Waals surface area contributed by atoms with Gasteiger partial charge in [-0.3, -0.25) is 9.59 Å². The predicted octanol–water partition coefficient (Wildman–Crippen LogP) is 3.93. The number of carboxylic acids is 1. The molecule has 3 rings (SSSR count). The maximum atomic E-state index is 12.6. The first-order valence-electron chi connectivity index (χ1n) is 9.90. The molecule has 150 valence electrons. The third kappa shape index (κ3) is 3.96. The molecule has 0 spiro atoms. The lowest BCUT2D eigenvalue weighted by Crippen LogP contribution is -2.52. The molecule has 1 aliphatic rings. The zero-order valence-corrected chi connectivity index (χ0v) is 16.8. The summed E-state index contributed by atoms with van der Waals surface area (Å²) in [5.74, 6) is -0.407. The van der Waals surface area contributed by atoms with Gasteiger partial charge in [-0.2, -0.15) is 0 Å². The van der Waals surface area contributed by atoms with Gasteiger partial charge in [0.05, 0.1) is 5.41 Å². The van der Waals surface area contributed by atoms with Crippen molar-refractivity contribution in [2.45, 2.75) is 46.5 Å². The summed E-state index contributed by atoms with van der Waals surface area (Å²) in [4.78, 5) is 26.5. The molecule has 2 atom stereocenters. The Morgan fingerprint density at radius 2 is 2.11 bits per heavy atom. The van der Waals surface area contributed by atoms with Crippen molar-refractivity contribution in [3.8, 4) is 11.3 Å². The van der Waals surface area contributed by atoms with E-state index in [1.54, 1.807) is 4.90 Å². The summed E-state index contributed by atoms with van der Waals surface area (Å²) in [6, 6.07) is 9.70. The average molecular weight is 384 g/mol. The van der Waals surface area contributed by atoms with E-state index in [-0.39, 0.29) is 24.8 Å². The molecular formula is C22H28N2O4. The van der Waals surface area contributed by atoms with Crippen LogP contribution in [0.5, 0.6) is 0 Å².